The highest BCUT2D eigenvalue weighted by molar-refractivity contribution is 5.97. The lowest BCUT2D eigenvalue weighted by atomic mass is 9.85. The van der Waals surface area contributed by atoms with E-state index < -0.39 is 29.8 Å². The number of rotatable bonds is 20. The van der Waals surface area contributed by atoms with E-state index in [1.807, 2.05) is 20.8 Å². The average Bonchev–Trinajstić information content (AvgIpc) is 2.95. The summed E-state index contributed by atoms with van der Waals surface area (Å²) in [4.78, 5) is 38.7. The van der Waals surface area contributed by atoms with Gasteiger partial charge in [0.15, 0.2) is 0 Å². The molecular weight excluding hydrogens is 566 g/mol. The Labute approximate surface area is 264 Å². The summed E-state index contributed by atoms with van der Waals surface area (Å²) < 4.78 is 21.7. The Bertz CT molecular complexity index is 1010. The minimum absolute atomic E-state index is 0.0980. The highest BCUT2D eigenvalue weighted by Gasteiger charge is 2.31. The number of alkyl carbamates (subject to hydrolysis) is 1. The van der Waals surface area contributed by atoms with Crippen LogP contribution in [0.5, 0.6) is 11.5 Å². The molecular formula is C33H57N3O8. The molecule has 0 saturated carbocycles. The zero-order chi connectivity index (χ0) is 33.3. The van der Waals surface area contributed by atoms with Gasteiger partial charge in [-0.2, -0.15) is 0 Å². The summed E-state index contributed by atoms with van der Waals surface area (Å²) >= 11 is 0. The molecule has 0 aromatic heterocycles. The first-order valence-corrected chi connectivity index (χ1v) is 15.8. The molecule has 0 bridgehead atoms. The van der Waals surface area contributed by atoms with Gasteiger partial charge >= 0.3 is 6.09 Å². The summed E-state index contributed by atoms with van der Waals surface area (Å²) in [6.07, 6.45) is 1.35. The molecule has 11 nitrogen and oxygen atoms in total. The van der Waals surface area contributed by atoms with Gasteiger partial charge in [-0.05, 0) is 64.0 Å². The average molecular weight is 624 g/mol. The molecule has 1 aromatic carbocycles. The number of hydrogen-bond acceptors (Lipinski definition) is 8. The van der Waals surface area contributed by atoms with E-state index in [1.54, 1.807) is 60.1 Å². The highest BCUT2D eigenvalue weighted by atomic mass is 16.6. The molecule has 0 spiro atoms. The number of benzene rings is 1. The lowest BCUT2D eigenvalue weighted by molar-refractivity contribution is -0.125. The van der Waals surface area contributed by atoms with Crippen molar-refractivity contribution in [2.75, 3.05) is 40.5 Å². The summed E-state index contributed by atoms with van der Waals surface area (Å²) in [5, 5.41) is 20.0. The van der Waals surface area contributed by atoms with Crippen LogP contribution in [0.4, 0.5) is 4.79 Å². The number of aliphatic hydroxyl groups excluding tert-OH is 1. The van der Waals surface area contributed by atoms with E-state index in [0.717, 1.165) is 12.8 Å². The monoisotopic (exact) mass is 623 g/mol. The number of aliphatic hydroxyl groups is 1. The van der Waals surface area contributed by atoms with Gasteiger partial charge in [0.2, 0.25) is 5.91 Å². The molecule has 11 heteroatoms. The first kappa shape index (κ1) is 39.0. The topological polar surface area (TPSA) is 144 Å². The molecule has 4 N–H and O–H groups in total. The van der Waals surface area contributed by atoms with Crippen LogP contribution < -0.4 is 25.4 Å². The van der Waals surface area contributed by atoms with Gasteiger partial charge in [-0.25, -0.2) is 4.79 Å². The van der Waals surface area contributed by atoms with E-state index in [-0.39, 0.29) is 36.6 Å². The molecule has 3 amide bonds. The minimum atomic E-state index is -1.01. The van der Waals surface area contributed by atoms with Crippen molar-refractivity contribution in [1.29, 1.82) is 0 Å². The predicted octanol–water partition coefficient (Wildman–Crippen LogP) is 4.70. The van der Waals surface area contributed by atoms with Gasteiger partial charge in [-0.3, -0.25) is 9.59 Å². The quantitative estimate of drug-likeness (QED) is 0.153. The molecule has 0 radical (unpaired) electrons. The SMILES string of the molecule is CCCCNC(=O)C(C)CC(O)C(CC(CNC(=O)c1ccc(OC)cc1OCCCOC)C(C)C)NC(=O)OC(C)(C)C. The van der Waals surface area contributed by atoms with Crippen molar-refractivity contribution in [1.82, 2.24) is 16.0 Å². The number of nitrogens with one attached hydrogen (secondary N) is 3. The summed E-state index contributed by atoms with van der Waals surface area (Å²) in [7, 11) is 3.17. The maximum Gasteiger partial charge on any atom is 0.407 e. The molecule has 0 aliphatic carbocycles. The van der Waals surface area contributed by atoms with E-state index in [9.17, 15) is 19.5 Å². The molecule has 0 heterocycles. The number of carbonyl (C=O) groups excluding carboxylic acids is 3. The van der Waals surface area contributed by atoms with Crippen LogP contribution in [0.2, 0.25) is 0 Å². The van der Waals surface area contributed by atoms with Crippen LogP contribution in [-0.2, 0) is 14.3 Å². The van der Waals surface area contributed by atoms with Gasteiger partial charge in [0.05, 0.1) is 31.4 Å². The number of ether oxygens (including phenoxy) is 4. The standard InChI is InChI=1S/C33H57N3O8/c1-10-11-15-34-30(38)23(4)18-28(37)27(36-32(40)44-33(5,6)7)19-24(22(2)3)21-35-31(39)26-14-13-25(42-9)20-29(26)43-17-12-16-41-8/h13-14,20,22-24,27-28,37H,10-12,15-19,21H2,1-9H3,(H,34,38)(H,35,39)(H,36,40). The van der Waals surface area contributed by atoms with Gasteiger partial charge in [0, 0.05) is 45.2 Å². The fourth-order valence-electron chi connectivity index (χ4n) is 4.53. The molecule has 0 fully saturated rings. The van der Waals surface area contributed by atoms with E-state index in [4.69, 9.17) is 18.9 Å². The molecule has 44 heavy (non-hydrogen) atoms. The second-order valence-electron chi connectivity index (χ2n) is 12.6. The summed E-state index contributed by atoms with van der Waals surface area (Å²) in [5.74, 6) is 0.0501. The molecule has 1 rings (SSSR count). The third-order valence-electron chi connectivity index (χ3n) is 7.25. The lowest BCUT2D eigenvalue weighted by Crippen LogP contribution is -2.49. The largest absolute Gasteiger partial charge is 0.497 e. The van der Waals surface area contributed by atoms with Crippen LogP contribution in [0, 0.1) is 17.8 Å². The van der Waals surface area contributed by atoms with E-state index >= 15 is 0 Å². The van der Waals surface area contributed by atoms with Gasteiger partial charge in [-0.15, -0.1) is 0 Å². The van der Waals surface area contributed by atoms with E-state index in [1.165, 1.54) is 0 Å². The number of methoxy groups -OCH3 is 2. The van der Waals surface area contributed by atoms with Crippen LogP contribution in [-0.4, -0.2) is 81.3 Å². The lowest BCUT2D eigenvalue weighted by Gasteiger charge is -2.32. The molecule has 252 valence electrons. The van der Waals surface area contributed by atoms with Gasteiger partial charge in [-0.1, -0.05) is 34.1 Å². The third kappa shape index (κ3) is 15.1. The molecule has 0 aliphatic heterocycles. The van der Waals surface area contributed by atoms with Crippen molar-refractivity contribution in [3.63, 3.8) is 0 Å². The van der Waals surface area contributed by atoms with Crippen LogP contribution in [0.15, 0.2) is 18.2 Å². The number of unbranched alkanes of at least 4 members (excludes halogenated alkanes) is 1. The van der Waals surface area contributed by atoms with E-state index in [2.05, 4.69) is 16.0 Å². The van der Waals surface area contributed by atoms with Crippen LogP contribution in [0.1, 0.15) is 90.9 Å². The predicted molar refractivity (Wildman–Crippen MR) is 171 cm³/mol. The van der Waals surface area contributed by atoms with Gasteiger partial charge in [0.1, 0.15) is 17.1 Å². The Morgan fingerprint density at radius 3 is 2.27 bits per heavy atom. The van der Waals surface area contributed by atoms with Crippen molar-refractivity contribution in [3.05, 3.63) is 23.8 Å². The maximum absolute atomic E-state index is 13.3. The number of amides is 3. The zero-order valence-electron chi connectivity index (χ0n) is 28.3. The summed E-state index contributed by atoms with van der Waals surface area (Å²) in [6, 6.07) is 4.33. The Kier molecular flexibility index (Phi) is 17.8. The Hall–Kier alpha value is -3.05. The Morgan fingerprint density at radius 1 is 0.977 bits per heavy atom. The van der Waals surface area contributed by atoms with Crippen molar-refractivity contribution in [3.8, 4) is 11.5 Å². The Morgan fingerprint density at radius 2 is 1.68 bits per heavy atom. The second kappa shape index (κ2) is 20.1. The molecule has 0 saturated heterocycles. The number of hydrogen-bond donors (Lipinski definition) is 4. The highest BCUT2D eigenvalue weighted by Crippen LogP contribution is 2.26. The van der Waals surface area contributed by atoms with Gasteiger partial charge < -0.3 is 40.0 Å². The first-order valence-electron chi connectivity index (χ1n) is 15.8. The fourth-order valence-corrected chi connectivity index (χ4v) is 4.53. The minimum Gasteiger partial charge on any atom is -0.497 e. The van der Waals surface area contributed by atoms with Gasteiger partial charge in [0.25, 0.3) is 5.91 Å². The Balaban J connectivity index is 3.06. The first-order chi connectivity index (χ1) is 20.7. The normalized spacial score (nSPS) is 14.2. The molecule has 4 unspecified atom stereocenters. The zero-order valence-corrected chi connectivity index (χ0v) is 28.3. The molecule has 1 aromatic rings. The van der Waals surface area contributed by atoms with Crippen molar-refractivity contribution >= 4 is 17.9 Å². The van der Waals surface area contributed by atoms with Crippen molar-refractivity contribution in [2.45, 2.75) is 98.3 Å². The maximum atomic E-state index is 13.3. The molecule has 4 atom stereocenters. The summed E-state index contributed by atoms with van der Waals surface area (Å²) in [6.45, 7) is 14.9. The smallest absolute Gasteiger partial charge is 0.407 e. The summed E-state index contributed by atoms with van der Waals surface area (Å²) in [5.41, 5.74) is -0.351. The molecule has 0 aliphatic rings. The van der Waals surface area contributed by atoms with Crippen LogP contribution in [0.25, 0.3) is 0 Å². The van der Waals surface area contributed by atoms with E-state index in [0.29, 0.717) is 49.7 Å². The van der Waals surface area contributed by atoms with Crippen LogP contribution in [0.3, 0.4) is 0 Å². The van der Waals surface area contributed by atoms with Crippen molar-refractivity contribution in [2.24, 2.45) is 17.8 Å². The van der Waals surface area contributed by atoms with Crippen molar-refractivity contribution < 1.29 is 38.4 Å². The third-order valence-corrected chi connectivity index (χ3v) is 7.25. The number of carbonyl (C=O) groups is 3. The fraction of sp³-hybridized carbons (Fsp3) is 0.727. The van der Waals surface area contributed by atoms with Crippen LogP contribution >= 0.6 is 0 Å². The second-order valence-corrected chi connectivity index (χ2v) is 12.6.